The lowest BCUT2D eigenvalue weighted by Crippen LogP contribution is -2.21. The van der Waals surface area contributed by atoms with Crippen LogP contribution in [0.15, 0.2) is 55.1 Å². The smallest absolute Gasteiger partial charge is 0.144 e. The molecule has 0 radical (unpaired) electrons. The third-order valence-electron chi connectivity index (χ3n) is 3.76. The van der Waals surface area contributed by atoms with Crippen LogP contribution in [0.5, 0.6) is 0 Å². The Bertz CT molecular complexity index is 874. The summed E-state index contributed by atoms with van der Waals surface area (Å²) in [6.07, 6.45) is 5.56. The molecular weight excluding hydrogens is 291 g/mol. The number of alkyl halides is 1. The predicted molar refractivity (Wildman–Crippen MR) is 91.9 cm³/mol. The highest BCUT2D eigenvalue weighted by molar-refractivity contribution is 5.88. The van der Waals surface area contributed by atoms with E-state index < -0.39 is 5.67 Å². The molecule has 23 heavy (non-hydrogen) atoms. The van der Waals surface area contributed by atoms with Gasteiger partial charge in [0.05, 0.1) is 6.20 Å². The second kappa shape index (κ2) is 5.50. The van der Waals surface area contributed by atoms with E-state index in [1.807, 2.05) is 37.6 Å². The number of benzene rings is 1. The second-order valence-electron chi connectivity index (χ2n) is 6.11. The largest absolute Gasteiger partial charge is 0.341 e. The van der Waals surface area contributed by atoms with Crippen LogP contribution >= 0.6 is 0 Å². The highest BCUT2D eigenvalue weighted by atomic mass is 19.1. The summed E-state index contributed by atoms with van der Waals surface area (Å²) in [5, 5.41) is 9.18. The molecule has 4 nitrogen and oxygen atoms in total. The third kappa shape index (κ3) is 3.23. The maximum absolute atomic E-state index is 13.9. The number of nitrogens with one attached hydrogen (secondary N) is 1. The zero-order valence-electron chi connectivity index (χ0n) is 13.5. The molecule has 0 saturated heterocycles. The summed E-state index contributed by atoms with van der Waals surface area (Å²) in [7, 11) is 1.89. The van der Waals surface area contributed by atoms with Gasteiger partial charge in [0.2, 0.25) is 0 Å². The van der Waals surface area contributed by atoms with Gasteiger partial charge in [0.25, 0.3) is 0 Å². The monoisotopic (exact) mass is 310 g/mol. The molecule has 1 N–H and O–H groups in total. The van der Waals surface area contributed by atoms with Crippen LogP contribution in [0.3, 0.4) is 0 Å². The zero-order valence-corrected chi connectivity index (χ0v) is 13.5. The van der Waals surface area contributed by atoms with Gasteiger partial charge < -0.3 is 5.32 Å². The quantitative estimate of drug-likeness (QED) is 0.781. The molecular formula is C18H19FN4. The van der Waals surface area contributed by atoms with Crippen molar-refractivity contribution in [3.8, 4) is 11.1 Å². The molecule has 0 aliphatic rings. The van der Waals surface area contributed by atoms with Crippen LogP contribution in [-0.4, -0.2) is 20.4 Å². The van der Waals surface area contributed by atoms with Crippen molar-refractivity contribution in [1.82, 2.24) is 14.8 Å². The van der Waals surface area contributed by atoms with Gasteiger partial charge in [-0.2, -0.15) is 5.10 Å². The van der Waals surface area contributed by atoms with Gasteiger partial charge in [-0.15, -0.1) is 0 Å². The molecule has 1 aromatic carbocycles. The highest BCUT2D eigenvalue weighted by Gasteiger charge is 2.20. The molecule has 0 atom stereocenters. The van der Waals surface area contributed by atoms with Crippen LogP contribution in [0, 0.1) is 0 Å². The first-order valence-corrected chi connectivity index (χ1v) is 7.37. The number of allylic oxidation sites excluding steroid dienone is 1. The Morgan fingerprint density at radius 1 is 1.17 bits per heavy atom. The van der Waals surface area contributed by atoms with Crippen LogP contribution in [0.2, 0.25) is 0 Å². The van der Waals surface area contributed by atoms with Gasteiger partial charge in [-0.25, -0.2) is 9.37 Å². The Morgan fingerprint density at radius 3 is 2.61 bits per heavy atom. The number of rotatable bonds is 4. The molecule has 0 amide bonds. The number of hydrogen-bond acceptors (Lipinski definition) is 3. The van der Waals surface area contributed by atoms with Crippen LogP contribution < -0.4 is 5.32 Å². The summed E-state index contributed by atoms with van der Waals surface area (Å²) in [6.45, 7) is 6.66. The Morgan fingerprint density at radius 2 is 1.96 bits per heavy atom. The topological polar surface area (TPSA) is 42.7 Å². The Balaban J connectivity index is 1.96. The van der Waals surface area contributed by atoms with Gasteiger partial charge in [0.15, 0.2) is 0 Å². The van der Waals surface area contributed by atoms with Gasteiger partial charge >= 0.3 is 0 Å². The van der Waals surface area contributed by atoms with E-state index in [0.29, 0.717) is 5.82 Å². The summed E-state index contributed by atoms with van der Waals surface area (Å²) in [4.78, 5) is 4.31. The molecule has 3 rings (SSSR count). The van der Waals surface area contributed by atoms with Crippen molar-refractivity contribution in [2.24, 2.45) is 7.05 Å². The number of nitrogens with zero attached hydrogens (tertiary/aromatic N) is 3. The number of pyridine rings is 1. The first-order valence-electron chi connectivity index (χ1n) is 7.37. The summed E-state index contributed by atoms with van der Waals surface area (Å²) in [5.74, 6) is 0.580. The summed E-state index contributed by atoms with van der Waals surface area (Å²) < 4.78 is 15.6. The Kier molecular flexibility index (Phi) is 3.64. The summed E-state index contributed by atoms with van der Waals surface area (Å²) >= 11 is 0. The number of aryl methyl sites for hydroxylation is 1. The minimum absolute atomic E-state index is 0.285. The maximum Gasteiger partial charge on any atom is 0.144 e. The van der Waals surface area contributed by atoms with Crippen molar-refractivity contribution < 1.29 is 4.39 Å². The van der Waals surface area contributed by atoms with Crippen LogP contribution in [0.25, 0.3) is 21.9 Å². The molecule has 0 fully saturated rings. The average molecular weight is 310 g/mol. The second-order valence-corrected chi connectivity index (χ2v) is 6.11. The van der Waals surface area contributed by atoms with Crippen LogP contribution in [0.1, 0.15) is 13.8 Å². The van der Waals surface area contributed by atoms with Gasteiger partial charge in [-0.05, 0) is 36.9 Å². The fourth-order valence-corrected chi connectivity index (χ4v) is 2.26. The van der Waals surface area contributed by atoms with Crippen molar-refractivity contribution in [3.63, 3.8) is 0 Å². The van der Waals surface area contributed by atoms with E-state index in [9.17, 15) is 4.39 Å². The Hall–Kier alpha value is -2.69. The fourth-order valence-electron chi connectivity index (χ4n) is 2.26. The van der Waals surface area contributed by atoms with E-state index in [4.69, 9.17) is 0 Å². The van der Waals surface area contributed by atoms with E-state index in [0.717, 1.165) is 21.9 Å². The molecule has 5 heteroatoms. The molecule has 0 spiro atoms. The molecule has 0 aliphatic carbocycles. The minimum Gasteiger partial charge on any atom is -0.341 e. The molecule has 0 aliphatic heterocycles. The molecule has 2 aromatic heterocycles. The van der Waals surface area contributed by atoms with E-state index >= 15 is 0 Å². The van der Waals surface area contributed by atoms with E-state index in [-0.39, 0.29) is 5.70 Å². The molecule has 0 bridgehead atoms. The van der Waals surface area contributed by atoms with Crippen molar-refractivity contribution in [2.75, 3.05) is 5.32 Å². The lowest BCUT2D eigenvalue weighted by Gasteiger charge is -2.19. The van der Waals surface area contributed by atoms with E-state index in [2.05, 4.69) is 28.0 Å². The lowest BCUT2D eigenvalue weighted by molar-refractivity contribution is 0.271. The number of fused-ring (bicyclic) bond motifs is 1. The average Bonchev–Trinajstić information content (AvgIpc) is 2.92. The molecule has 118 valence electrons. The van der Waals surface area contributed by atoms with Crippen molar-refractivity contribution in [3.05, 3.63) is 55.1 Å². The number of halogens is 1. The summed E-state index contributed by atoms with van der Waals surface area (Å²) in [6, 6.07) is 8.02. The third-order valence-corrected chi connectivity index (χ3v) is 3.76. The maximum atomic E-state index is 13.9. The van der Waals surface area contributed by atoms with Crippen LogP contribution in [0.4, 0.5) is 10.2 Å². The van der Waals surface area contributed by atoms with E-state index in [1.165, 1.54) is 13.8 Å². The Labute approximate surface area is 134 Å². The zero-order chi connectivity index (χ0) is 16.6. The summed E-state index contributed by atoms with van der Waals surface area (Å²) in [5.41, 5.74) is 0.906. The van der Waals surface area contributed by atoms with E-state index in [1.54, 1.807) is 10.9 Å². The van der Waals surface area contributed by atoms with Crippen molar-refractivity contribution in [1.29, 1.82) is 0 Å². The lowest BCUT2D eigenvalue weighted by atomic mass is 10.0. The van der Waals surface area contributed by atoms with Gasteiger partial charge in [-0.3, -0.25) is 4.68 Å². The first-order chi connectivity index (χ1) is 10.8. The highest BCUT2D eigenvalue weighted by Crippen LogP contribution is 2.26. The first kappa shape index (κ1) is 15.2. The minimum atomic E-state index is -1.51. The molecule has 2 heterocycles. The predicted octanol–water partition coefficient (Wildman–Crippen LogP) is 4.31. The molecule has 0 unspecified atom stereocenters. The standard InChI is InChI=1S/C18H19FN4/c1-12(18(2,3)19)22-17-8-15-7-13(5-6-14(15)9-20-17)16-10-21-23(4)11-16/h5-11H,1H2,2-4H3,(H,20,22). The molecule has 3 aromatic rings. The van der Waals surface area contributed by atoms with Crippen molar-refractivity contribution in [2.45, 2.75) is 19.5 Å². The SMILES string of the molecule is C=C(Nc1cc2cc(-c3cnn(C)c3)ccc2cn1)C(C)(C)F. The van der Waals surface area contributed by atoms with Gasteiger partial charge in [0.1, 0.15) is 11.5 Å². The normalized spacial score (nSPS) is 11.7. The number of anilines is 1. The number of hydrogen-bond donors (Lipinski definition) is 1. The van der Waals surface area contributed by atoms with Crippen LogP contribution in [-0.2, 0) is 7.05 Å². The fraction of sp³-hybridized carbons (Fsp3) is 0.222. The van der Waals surface area contributed by atoms with Gasteiger partial charge in [0, 0.05) is 36.1 Å². The molecule has 0 saturated carbocycles. The van der Waals surface area contributed by atoms with Crippen molar-refractivity contribution >= 4 is 16.6 Å². The van der Waals surface area contributed by atoms with Gasteiger partial charge in [-0.1, -0.05) is 18.7 Å². The number of aromatic nitrogens is 3.